The Morgan fingerprint density at radius 2 is 1.70 bits per heavy atom. The Morgan fingerprint density at radius 1 is 0.967 bits per heavy atom. The van der Waals surface area contributed by atoms with Crippen LogP contribution in [0, 0.1) is 13.8 Å². The molecule has 0 saturated carbocycles. The molecule has 1 heterocycles. The van der Waals surface area contributed by atoms with Crippen molar-refractivity contribution in [2.45, 2.75) is 39.3 Å². The van der Waals surface area contributed by atoms with E-state index in [2.05, 4.69) is 5.32 Å². The summed E-state index contributed by atoms with van der Waals surface area (Å²) in [6, 6.07) is 23.4. The van der Waals surface area contributed by atoms with Crippen molar-refractivity contribution < 1.29 is 9.59 Å². The van der Waals surface area contributed by atoms with Crippen molar-refractivity contribution in [3.8, 4) is 0 Å². The first-order valence-electron chi connectivity index (χ1n) is 10.2. The normalized spacial score (nSPS) is 18.1. The molecule has 0 spiro atoms. The van der Waals surface area contributed by atoms with E-state index in [-0.39, 0.29) is 11.8 Å². The molecule has 2 amide bonds. The number of hydrogen-bond donors (Lipinski definition) is 1. The molecule has 0 aromatic heterocycles. The van der Waals surface area contributed by atoms with Gasteiger partial charge >= 0.3 is 0 Å². The third-order valence-electron chi connectivity index (χ3n) is 5.80. The van der Waals surface area contributed by atoms with E-state index < -0.39 is 5.54 Å². The van der Waals surface area contributed by atoms with Crippen molar-refractivity contribution in [1.82, 2.24) is 5.32 Å². The van der Waals surface area contributed by atoms with Crippen LogP contribution >= 0.6 is 0 Å². The summed E-state index contributed by atoms with van der Waals surface area (Å²) < 4.78 is 0. The minimum atomic E-state index is -1.02. The van der Waals surface area contributed by atoms with Crippen LogP contribution in [0.5, 0.6) is 0 Å². The first kappa shape index (κ1) is 19.9. The van der Waals surface area contributed by atoms with E-state index in [1.807, 2.05) is 93.6 Å². The Labute approximate surface area is 177 Å². The molecule has 1 N–H and O–H groups in total. The second kappa shape index (κ2) is 7.79. The molecule has 4 rings (SSSR count). The highest BCUT2D eigenvalue weighted by Crippen LogP contribution is 2.35. The summed E-state index contributed by atoms with van der Waals surface area (Å²) in [6.45, 7) is 6.30. The predicted octanol–water partition coefficient (Wildman–Crippen LogP) is 4.58. The number of carbonyl (C=O) groups is 2. The van der Waals surface area contributed by atoms with Crippen LogP contribution in [0.15, 0.2) is 72.8 Å². The lowest BCUT2D eigenvalue weighted by molar-refractivity contribution is -0.126. The average molecular weight is 399 g/mol. The van der Waals surface area contributed by atoms with Crippen molar-refractivity contribution in [2.24, 2.45) is 0 Å². The van der Waals surface area contributed by atoms with E-state index >= 15 is 0 Å². The Bertz CT molecular complexity index is 1100. The Kier molecular flexibility index (Phi) is 5.17. The molecule has 1 aliphatic heterocycles. The number of nitrogens with zero attached hydrogens (tertiary/aromatic N) is 1. The van der Waals surface area contributed by atoms with Crippen molar-refractivity contribution in [3.63, 3.8) is 0 Å². The zero-order chi connectivity index (χ0) is 21.3. The van der Waals surface area contributed by atoms with Crippen molar-refractivity contribution >= 4 is 17.5 Å². The van der Waals surface area contributed by atoms with Gasteiger partial charge in [-0.05, 0) is 55.7 Å². The number of hydrogen-bond acceptors (Lipinski definition) is 2. The van der Waals surface area contributed by atoms with Gasteiger partial charge in [0, 0.05) is 24.2 Å². The Hall–Kier alpha value is -3.40. The maximum Gasteiger partial charge on any atom is 0.259 e. The molecule has 4 heteroatoms. The summed E-state index contributed by atoms with van der Waals surface area (Å²) >= 11 is 0. The standard InChI is InChI=1S/C26H26N2O2/c1-18-11-13-20(14-12-18)17-27-25(30)26(3)16-21-8-4-5-10-23(21)24(29)28(26)22-9-6-7-19(2)15-22/h4-15H,16-17H2,1-3H3,(H,27,30). The Morgan fingerprint density at radius 3 is 2.43 bits per heavy atom. The van der Waals surface area contributed by atoms with E-state index in [4.69, 9.17) is 0 Å². The second-order valence-electron chi connectivity index (χ2n) is 8.26. The number of carbonyl (C=O) groups excluding carboxylic acids is 2. The van der Waals surface area contributed by atoms with Gasteiger partial charge in [-0.2, -0.15) is 0 Å². The lowest BCUT2D eigenvalue weighted by atomic mass is 9.82. The largest absolute Gasteiger partial charge is 0.350 e. The fourth-order valence-corrected chi connectivity index (χ4v) is 4.11. The zero-order valence-electron chi connectivity index (χ0n) is 17.6. The lowest BCUT2D eigenvalue weighted by Gasteiger charge is -2.44. The number of aryl methyl sites for hydroxylation is 2. The van der Waals surface area contributed by atoms with E-state index in [0.717, 1.165) is 22.4 Å². The molecule has 30 heavy (non-hydrogen) atoms. The fourth-order valence-electron chi connectivity index (χ4n) is 4.11. The summed E-state index contributed by atoms with van der Waals surface area (Å²) in [7, 11) is 0. The van der Waals surface area contributed by atoms with Gasteiger partial charge in [-0.1, -0.05) is 60.2 Å². The van der Waals surface area contributed by atoms with Crippen LogP contribution in [-0.2, 0) is 17.8 Å². The van der Waals surface area contributed by atoms with Gasteiger partial charge in [0.05, 0.1) is 0 Å². The summed E-state index contributed by atoms with van der Waals surface area (Å²) in [4.78, 5) is 28.6. The summed E-state index contributed by atoms with van der Waals surface area (Å²) in [5.74, 6) is -0.303. The van der Waals surface area contributed by atoms with E-state index in [9.17, 15) is 9.59 Å². The molecule has 3 aromatic rings. The quantitative estimate of drug-likeness (QED) is 0.699. The van der Waals surface area contributed by atoms with Crippen molar-refractivity contribution in [3.05, 3.63) is 101 Å². The molecule has 1 atom stereocenters. The van der Waals surface area contributed by atoms with Gasteiger partial charge in [0.1, 0.15) is 5.54 Å². The fraction of sp³-hybridized carbons (Fsp3) is 0.231. The molecule has 3 aromatic carbocycles. The van der Waals surface area contributed by atoms with Crippen molar-refractivity contribution in [1.29, 1.82) is 0 Å². The number of anilines is 1. The van der Waals surface area contributed by atoms with Crippen LogP contribution in [0.4, 0.5) is 5.69 Å². The Balaban J connectivity index is 1.70. The van der Waals surface area contributed by atoms with Gasteiger partial charge in [0.15, 0.2) is 0 Å². The highest BCUT2D eigenvalue weighted by molar-refractivity contribution is 6.14. The average Bonchev–Trinajstić information content (AvgIpc) is 2.73. The third-order valence-corrected chi connectivity index (χ3v) is 5.80. The number of nitrogens with one attached hydrogen (secondary N) is 1. The molecular formula is C26H26N2O2. The first-order chi connectivity index (χ1) is 14.4. The maximum atomic E-state index is 13.5. The second-order valence-corrected chi connectivity index (χ2v) is 8.26. The smallest absolute Gasteiger partial charge is 0.259 e. The van der Waals surface area contributed by atoms with Crippen LogP contribution in [-0.4, -0.2) is 17.4 Å². The number of amides is 2. The number of rotatable bonds is 4. The topological polar surface area (TPSA) is 49.4 Å². The molecule has 0 aliphatic carbocycles. The molecule has 0 fully saturated rings. The molecule has 1 unspecified atom stereocenters. The van der Waals surface area contributed by atoms with Gasteiger partial charge in [-0.25, -0.2) is 0 Å². The van der Waals surface area contributed by atoms with E-state index in [1.165, 1.54) is 5.56 Å². The monoisotopic (exact) mass is 398 g/mol. The first-order valence-corrected chi connectivity index (χ1v) is 10.2. The summed E-state index contributed by atoms with van der Waals surface area (Å²) in [5, 5.41) is 3.06. The van der Waals surface area contributed by atoms with Crippen LogP contribution < -0.4 is 10.2 Å². The van der Waals surface area contributed by atoms with Gasteiger partial charge in [-0.3, -0.25) is 14.5 Å². The summed E-state index contributed by atoms with van der Waals surface area (Å²) in [5.41, 5.74) is 4.52. The highest BCUT2D eigenvalue weighted by atomic mass is 16.2. The van der Waals surface area contributed by atoms with Crippen LogP contribution in [0.2, 0.25) is 0 Å². The third kappa shape index (κ3) is 3.61. The van der Waals surface area contributed by atoms with Crippen LogP contribution in [0.1, 0.15) is 39.5 Å². The summed E-state index contributed by atoms with van der Waals surface area (Å²) in [6.07, 6.45) is 0.461. The maximum absolute atomic E-state index is 13.5. The lowest BCUT2D eigenvalue weighted by Crippen LogP contribution is -2.63. The van der Waals surface area contributed by atoms with Crippen LogP contribution in [0.3, 0.4) is 0 Å². The SMILES string of the molecule is Cc1ccc(CNC(=O)C2(C)Cc3ccccc3C(=O)N2c2cccc(C)c2)cc1. The van der Waals surface area contributed by atoms with Gasteiger partial charge in [0.2, 0.25) is 5.91 Å². The van der Waals surface area contributed by atoms with E-state index in [0.29, 0.717) is 18.5 Å². The van der Waals surface area contributed by atoms with Gasteiger partial charge in [0.25, 0.3) is 5.91 Å². The molecule has 1 aliphatic rings. The molecule has 0 saturated heterocycles. The highest BCUT2D eigenvalue weighted by Gasteiger charge is 2.47. The predicted molar refractivity (Wildman–Crippen MR) is 120 cm³/mol. The molecule has 4 nitrogen and oxygen atoms in total. The number of fused-ring (bicyclic) bond motifs is 1. The molecule has 0 radical (unpaired) electrons. The van der Waals surface area contributed by atoms with Crippen molar-refractivity contribution in [2.75, 3.05) is 4.90 Å². The molecule has 0 bridgehead atoms. The van der Waals surface area contributed by atoms with Crippen LogP contribution in [0.25, 0.3) is 0 Å². The van der Waals surface area contributed by atoms with Gasteiger partial charge < -0.3 is 5.32 Å². The van der Waals surface area contributed by atoms with Gasteiger partial charge in [-0.15, -0.1) is 0 Å². The van der Waals surface area contributed by atoms with E-state index in [1.54, 1.807) is 4.90 Å². The molecular weight excluding hydrogens is 372 g/mol. The zero-order valence-corrected chi connectivity index (χ0v) is 17.6. The minimum Gasteiger partial charge on any atom is -0.350 e. The molecule has 152 valence electrons. The number of benzene rings is 3. The minimum absolute atomic E-state index is 0.143.